The van der Waals surface area contributed by atoms with Crippen molar-refractivity contribution in [2.45, 2.75) is 13.8 Å². The lowest BCUT2D eigenvalue weighted by Gasteiger charge is -2.08. The van der Waals surface area contributed by atoms with Gasteiger partial charge >= 0.3 is 11.9 Å². The van der Waals surface area contributed by atoms with Crippen molar-refractivity contribution in [1.29, 1.82) is 0 Å². The van der Waals surface area contributed by atoms with Crippen LogP contribution < -0.4 is 9.47 Å². The third kappa shape index (κ3) is 6.08. The third-order valence-electron chi connectivity index (χ3n) is 2.06. The molecule has 0 N–H and O–H groups in total. The fourth-order valence-corrected chi connectivity index (χ4v) is 1.29. The molecule has 0 fully saturated rings. The SMILES string of the molecule is CCOC(=O)COc1c[c]cc(OCC(=O)OCC)c1. The highest BCUT2D eigenvalue weighted by Gasteiger charge is 2.06. The zero-order chi connectivity index (χ0) is 14.8. The molecular formula is C14H17O6. The average Bonchev–Trinajstić information content (AvgIpc) is 2.44. The zero-order valence-corrected chi connectivity index (χ0v) is 11.5. The van der Waals surface area contributed by atoms with Gasteiger partial charge < -0.3 is 18.9 Å². The minimum absolute atomic E-state index is 0.191. The van der Waals surface area contributed by atoms with E-state index in [2.05, 4.69) is 6.07 Å². The van der Waals surface area contributed by atoms with Gasteiger partial charge in [-0.05, 0) is 32.0 Å². The molecule has 0 amide bonds. The monoisotopic (exact) mass is 281 g/mol. The van der Waals surface area contributed by atoms with Crippen molar-refractivity contribution in [3.63, 3.8) is 0 Å². The molecule has 1 rings (SSSR count). The van der Waals surface area contributed by atoms with Gasteiger partial charge in [-0.2, -0.15) is 0 Å². The molecule has 0 unspecified atom stereocenters. The Bertz CT molecular complexity index is 406. The molecule has 0 heterocycles. The van der Waals surface area contributed by atoms with Gasteiger partial charge in [0, 0.05) is 6.07 Å². The molecule has 0 aliphatic carbocycles. The number of ether oxygens (including phenoxy) is 4. The fraction of sp³-hybridized carbons (Fsp3) is 0.429. The molecule has 0 bridgehead atoms. The van der Waals surface area contributed by atoms with Crippen LogP contribution in [0.5, 0.6) is 11.5 Å². The van der Waals surface area contributed by atoms with Crippen molar-refractivity contribution >= 4 is 11.9 Å². The van der Waals surface area contributed by atoms with Crippen LogP contribution in [0.25, 0.3) is 0 Å². The van der Waals surface area contributed by atoms with E-state index in [1.54, 1.807) is 32.0 Å². The first-order chi connectivity index (χ1) is 9.65. The van der Waals surface area contributed by atoms with E-state index < -0.39 is 11.9 Å². The van der Waals surface area contributed by atoms with Gasteiger partial charge in [0.25, 0.3) is 0 Å². The Kier molecular flexibility index (Phi) is 6.95. The number of hydrogen-bond acceptors (Lipinski definition) is 6. The highest BCUT2D eigenvalue weighted by molar-refractivity contribution is 5.71. The average molecular weight is 281 g/mol. The molecule has 1 radical (unpaired) electrons. The van der Waals surface area contributed by atoms with E-state index in [-0.39, 0.29) is 13.2 Å². The Morgan fingerprint density at radius 1 is 0.950 bits per heavy atom. The number of hydrogen-bond donors (Lipinski definition) is 0. The number of rotatable bonds is 8. The minimum Gasteiger partial charge on any atom is -0.482 e. The molecule has 0 saturated heterocycles. The van der Waals surface area contributed by atoms with E-state index in [1.807, 2.05) is 0 Å². The van der Waals surface area contributed by atoms with Crippen molar-refractivity contribution in [2.75, 3.05) is 26.4 Å². The number of benzene rings is 1. The summed E-state index contributed by atoms with van der Waals surface area (Å²) in [4.78, 5) is 22.3. The Labute approximate surface area is 117 Å². The number of carbonyl (C=O) groups is 2. The molecule has 6 heteroatoms. The van der Waals surface area contributed by atoms with Crippen molar-refractivity contribution < 1.29 is 28.5 Å². The van der Waals surface area contributed by atoms with Crippen LogP contribution in [0, 0.1) is 6.07 Å². The van der Waals surface area contributed by atoms with Crippen LogP contribution in [0.1, 0.15) is 13.8 Å². The minimum atomic E-state index is -0.453. The Hall–Kier alpha value is -2.24. The van der Waals surface area contributed by atoms with E-state index in [4.69, 9.17) is 18.9 Å². The highest BCUT2D eigenvalue weighted by Crippen LogP contribution is 2.19. The Morgan fingerprint density at radius 2 is 1.40 bits per heavy atom. The molecule has 1 aromatic carbocycles. The molecular weight excluding hydrogens is 264 g/mol. The normalized spacial score (nSPS) is 9.70. The fourth-order valence-electron chi connectivity index (χ4n) is 1.29. The first kappa shape index (κ1) is 15.8. The van der Waals surface area contributed by atoms with Crippen LogP contribution in [0.4, 0.5) is 0 Å². The second-order valence-electron chi connectivity index (χ2n) is 3.59. The summed E-state index contributed by atoms with van der Waals surface area (Å²) in [5.74, 6) is -0.102. The smallest absolute Gasteiger partial charge is 0.344 e. The number of carbonyl (C=O) groups excluding carboxylic acids is 2. The van der Waals surface area contributed by atoms with Crippen molar-refractivity contribution in [2.24, 2.45) is 0 Å². The Balaban J connectivity index is 2.45. The molecule has 20 heavy (non-hydrogen) atoms. The van der Waals surface area contributed by atoms with Gasteiger partial charge in [-0.15, -0.1) is 0 Å². The summed E-state index contributed by atoms with van der Waals surface area (Å²) in [5.41, 5.74) is 0. The predicted octanol–water partition coefficient (Wildman–Crippen LogP) is 1.37. The van der Waals surface area contributed by atoms with Crippen molar-refractivity contribution in [1.82, 2.24) is 0 Å². The van der Waals surface area contributed by atoms with Gasteiger partial charge in [0.1, 0.15) is 11.5 Å². The maximum absolute atomic E-state index is 11.1. The molecule has 0 spiro atoms. The van der Waals surface area contributed by atoms with Crippen LogP contribution in [0.2, 0.25) is 0 Å². The van der Waals surface area contributed by atoms with E-state index in [0.29, 0.717) is 24.7 Å². The van der Waals surface area contributed by atoms with Gasteiger partial charge in [0.15, 0.2) is 13.2 Å². The van der Waals surface area contributed by atoms with Gasteiger partial charge in [-0.3, -0.25) is 0 Å². The van der Waals surface area contributed by atoms with E-state index in [0.717, 1.165) is 0 Å². The summed E-state index contributed by atoms with van der Waals surface area (Å²) in [7, 11) is 0. The van der Waals surface area contributed by atoms with Crippen LogP contribution in [-0.2, 0) is 19.1 Å². The maximum Gasteiger partial charge on any atom is 0.344 e. The number of esters is 2. The first-order valence-electron chi connectivity index (χ1n) is 6.23. The lowest BCUT2D eigenvalue weighted by atomic mass is 10.3. The second-order valence-corrected chi connectivity index (χ2v) is 3.59. The lowest BCUT2D eigenvalue weighted by Crippen LogP contribution is -2.15. The highest BCUT2D eigenvalue weighted by atomic mass is 16.6. The van der Waals surface area contributed by atoms with Crippen LogP contribution in [-0.4, -0.2) is 38.4 Å². The summed E-state index contributed by atoms with van der Waals surface area (Å²) in [5, 5.41) is 0. The summed E-state index contributed by atoms with van der Waals surface area (Å²) < 4.78 is 19.9. The van der Waals surface area contributed by atoms with Crippen LogP contribution in [0.15, 0.2) is 18.2 Å². The summed E-state index contributed by atoms with van der Waals surface area (Å²) in [6, 6.07) is 7.44. The molecule has 1 aromatic rings. The largest absolute Gasteiger partial charge is 0.482 e. The lowest BCUT2D eigenvalue weighted by molar-refractivity contribution is -0.146. The first-order valence-corrected chi connectivity index (χ1v) is 6.23. The van der Waals surface area contributed by atoms with Crippen LogP contribution >= 0.6 is 0 Å². The maximum atomic E-state index is 11.1. The standard InChI is InChI=1S/C14H17O6/c1-3-17-13(15)9-19-11-6-5-7-12(8-11)20-10-14(16)18-4-2/h6-8H,3-4,9-10H2,1-2H3. The molecule has 0 aromatic heterocycles. The van der Waals surface area contributed by atoms with Crippen LogP contribution in [0.3, 0.4) is 0 Å². The van der Waals surface area contributed by atoms with E-state index in [9.17, 15) is 9.59 Å². The molecule has 0 aliphatic rings. The molecule has 0 aliphatic heterocycles. The van der Waals surface area contributed by atoms with Gasteiger partial charge in [0.2, 0.25) is 0 Å². The molecule has 109 valence electrons. The quantitative estimate of drug-likeness (QED) is 0.670. The summed E-state index contributed by atoms with van der Waals surface area (Å²) in [6.07, 6.45) is 0. The molecule has 0 atom stereocenters. The second kappa shape index (κ2) is 8.79. The van der Waals surface area contributed by atoms with Gasteiger partial charge in [-0.25, -0.2) is 9.59 Å². The summed E-state index contributed by atoms with van der Waals surface area (Å²) >= 11 is 0. The summed E-state index contributed by atoms with van der Waals surface area (Å²) in [6.45, 7) is 3.66. The Morgan fingerprint density at radius 3 is 1.80 bits per heavy atom. The topological polar surface area (TPSA) is 71.1 Å². The zero-order valence-electron chi connectivity index (χ0n) is 11.5. The van der Waals surface area contributed by atoms with Gasteiger partial charge in [-0.1, -0.05) is 0 Å². The van der Waals surface area contributed by atoms with Gasteiger partial charge in [0.05, 0.1) is 13.2 Å². The molecule has 6 nitrogen and oxygen atoms in total. The third-order valence-corrected chi connectivity index (χ3v) is 2.06. The molecule has 0 saturated carbocycles. The van der Waals surface area contributed by atoms with Crippen molar-refractivity contribution in [3.8, 4) is 11.5 Å². The van der Waals surface area contributed by atoms with Crippen molar-refractivity contribution in [3.05, 3.63) is 24.3 Å². The van der Waals surface area contributed by atoms with E-state index in [1.165, 1.54) is 0 Å². The van der Waals surface area contributed by atoms with E-state index >= 15 is 0 Å². The predicted molar refractivity (Wildman–Crippen MR) is 69.5 cm³/mol.